The zero-order chi connectivity index (χ0) is 79.2. The minimum Gasteiger partial charge on any atom is -0.394 e. The van der Waals surface area contributed by atoms with E-state index in [-0.39, 0.29) is 67.0 Å². The van der Waals surface area contributed by atoms with E-state index in [4.69, 9.17) is 114 Å². The molecule has 8 aliphatic heterocycles. The van der Waals surface area contributed by atoms with Crippen molar-refractivity contribution in [3.63, 3.8) is 0 Å². The van der Waals surface area contributed by atoms with E-state index in [1.54, 1.807) is 0 Å². The number of aliphatic hydroxyl groups excluding tert-OH is 8. The third-order valence-electron chi connectivity index (χ3n) is 16.4. The van der Waals surface area contributed by atoms with Crippen LogP contribution in [0.5, 0.6) is 0 Å². The molecule has 30 nitrogen and oxygen atoms in total. The van der Waals surface area contributed by atoms with Crippen LogP contribution in [0.4, 0.5) is 0 Å². The van der Waals surface area contributed by atoms with Crippen molar-refractivity contribution < 1.29 is 145 Å². The van der Waals surface area contributed by atoms with Crippen LogP contribution in [-0.4, -0.2) is 377 Å². The smallest absolute Gasteiger partial charge is 0.104 e. The van der Waals surface area contributed by atoms with Gasteiger partial charge in [-0.1, -0.05) is 96.9 Å². The van der Waals surface area contributed by atoms with E-state index >= 15 is 0 Å². The van der Waals surface area contributed by atoms with Crippen molar-refractivity contribution in [3.8, 4) is 0 Å². The van der Waals surface area contributed by atoms with E-state index in [1.165, 1.54) is 0 Å². The molecular weight excluding hydrogens is 1400 g/mol. The van der Waals surface area contributed by atoms with E-state index in [1.807, 2.05) is 83.1 Å². The van der Waals surface area contributed by atoms with Crippen LogP contribution in [0.25, 0.3) is 0 Å². The fourth-order valence-electron chi connectivity index (χ4n) is 7.15. The Morgan fingerprint density at radius 1 is 0.234 bits per heavy atom. The van der Waals surface area contributed by atoms with Gasteiger partial charge in [-0.25, -0.2) is 0 Å². The normalized spacial score (nSPS) is 22.9. The lowest BCUT2D eigenvalue weighted by atomic mass is 10.1. The number of ether oxygens (including phenoxy) is 22. The Bertz CT molecular complexity index is 1730. The van der Waals surface area contributed by atoms with Crippen molar-refractivity contribution in [2.24, 2.45) is 41.4 Å². The van der Waals surface area contributed by atoms with Gasteiger partial charge in [0.2, 0.25) is 0 Å². The summed E-state index contributed by atoms with van der Waals surface area (Å²) in [4.78, 5) is 0. The van der Waals surface area contributed by atoms with Gasteiger partial charge >= 0.3 is 0 Å². The first-order valence-corrected chi connectivity index (χ1v) is 39.7. The average Bonchev–Trinajstić information content (AvgIpc) is 1.75. The first-order chi connectivity index (χ1) is 51.3. The molecule has 15 unspecified atom stereocenters. The first kappa shape index (κ1) is 104. The van der Waals surface area contributed by atoms with Crippen LogP contribution < -0.4 is 0 Å². The fraction of sp³-hybridized carbons (Fsp3) is 1.00. The van der Waals surface area contributed by atoms with Gasteiger partial charge in [0.25, 0.3) is 0 Å². The predicted octanol–water partition coefficient (Wildman–Crippen LogP) is 3.98. The second kappa shape index (κ2) is 69.1. The maximum absolute atomic E-state index is 9.50. The summed E-state index contributed by atoms with van der Waals surface area (Å²) in [5, 5.41) is 74.0. The third-order valence-corrected chi connectivity index (χ3v) is 16.4. The van der Waals surface area contributed by atoms with Gasteiger partial charge in [0.1, 0.15) is 48.8 Å². The Labute approximate surface area is 642 Å². The zero-order valence-electron chi connectivity index (χ0n) is 68.3. The summed E-state index contributed by atoms with van der Waals surface area (Å²) in [5.41, 5.74) is 0. The Balaban J connectivity index is 0.000000617. The van der Waals surface area contributed by atoms with Crippen molar-refractivity contribution in [1.82, 2.24) is 0 Å². The van der Waals surface area contributed by atoms with E-state index in [2.05, 4.69) is 13.8 Å². The molecule has 0 aliphatic carbocycles. The standard InChI is InChI=1S/C14H30O4.C12H26O4.C10H22O5.C10H18O4.C10H20O4.2C8H14O4.C5H10O/c1-11(2)13(15)9-17-7-5-6-8-18-10-14(16)12(3)4;1-9(2)11(13)7-15-5-6-16-8-12(14)10(3)4;1-8(2)10(13)7-15-4-3-14-6-9(12)5-11;1(3-11-5-9-7-13-9)2-4-12-6-10-8-14-10;1-8(2)10(11)7-13-4-3-12-5-9-6-14-9;2*1(9-3-7-5-11-7)2-10-4-8-6-12-8;1-4(2)5-3-6-5/h11-16H,5-10H2,1-4H3;9-14H,5-8H2,1-4H3;8-13H,3-7H2,1-2H3;9-10H,1-8H2;8-11H,3-7H2,1-2H3;2*7-8H,1-6H2;4-5H,3H2,1-2H3. The minimum absolute atomic E-state index is 0.104. The molecule has 8 fully saturated rings. The maximum Gasteiger partial charge on any atom is 0.104 e. The maximum atomic E-state index is 9.50. The number of rotatable bonds is 61. The van der Waals surface area contributed by atoms with Crippen LogP contribution in [0.15, 0.2) is 0 Å². The summed E-state index contributed by atoms with van der Waals surface area (Å²) in [6, 6.07) is 0. The van der Waals surface area contributed by atoms with Gasteiger partial charge < -0.3 is 145 Å². The monoisotopic (exact) mass is 1560 g/mol. The van der Waals surface area contributed by atoms with Crippen LogP contribution in [0.2, 0.25) is 0 Å². The van der Waals surface area contributed by atoms with Gasteiger partial charge in [0, 0.05) is 26.4 Å². The molecule has 642 valence electrons. The molecule has 8 heterocycles. The molecule has 0 bridgehead atoms. The molecule has 0 aromatic carbocycles. The molecule has 8 aliphatic rings. The van der Waals surface area contributed by atoms with E-state index in [0.29, 0.717) is 201 Å². The molecule has 0 saturated carbocycles. The van der Waals surface area contributed by atoms with Crippen molar-refractivity contribution in [1.29, 1.82) is 0 Å². The van der Waals surface area contributed by atoms with Gasteiger partial charge in [0.05, 0.1) is 261 Å². The Morgan fingerprint density at radius 2 is 0.393 bits per heavy atom. The van der Waals surface area contributed by atoms with Crippen LogP contribution in [0.3, 0.4) is 0 Å². The lowest BCUT2D eigenvalue weighted by Gasteiger charge is -2.16. The molecule has 0 aromatic heterocycles. The summed E-state index contributed by atoms with van der Waals surface area (Å²) in [7, 11) is 0. The van der Waals surface area contributed by atoms with Crippen LogP contribution >= 0.6 is 0 Å². The summed E-state index contributed by atoms with van der Waals surface area (Å²) in [6.07, 6.45) is 3.87. The lowest BCUT2D eigenvalue weighted by Crippen LogP contribution is -2.24. The number of aliphatic hydroxyl groups is 8. The Kier molecular flexibility index (Phi) is 67.1. The highest BCUT2D eigenvalue weighted by molar-refractivity contribution is 4.73. The van der Waals surface area contributed by atoms with Crippen LogP contribution in [-0.2, 0) is 104 Å². The average molecular weight is 1560 g/mol. The molecule has 0 radical (unpaired) electrons. The Hall–Kier alpha value is -1.20. The van der Waals surface area contributed by atoms with Crippen molar-refractivity contribution in [3.05, 3.63) is 0 Å². The van der Waals surface area contributed by atoms with E-state index < -0.39 is 24.4 Å². The van der Waals surface area contributed by atoms with E-state index in [9.17, 15) is 30.6 Å². The van der Waals surface area contributed by atoms with Crippen LogP contribution in [0, 0.1) is 41.4 Å². The van der Waals surface area contributed by atoms with Crippen molar-refractivity contribution in [2.75, 3.05) is 244 Å². The molecule has 15 atom stereocenters. The van der Waals surface area contributed by atoms with Crippen LogP contribution in [0.1, 0.15) is 123 Å². The molecule has 0 spiro atoms. The van der Waals surface area contributed by atoms with Gasteiger partial charge in [-0.2, -0.15) is 0 Å². The van der Waals surface area contributed by atoms with Gasteiger partial charge in [-0.15, -0.1) is 0 Å². The highest BCUT2D eigenvalue weighted by Gasteiger charge is 2.28. The van der Waals surface area contributed by atoms with Gasteiger partial charge in [-0.05, 0) is 67.1 Å². The summed E-state index contributed by atoms with van der Waals surface area (Å²) < 4.78 is 114. The summed E-state index contributed by atoms with van der Waals surface area (Å²) >= 11 is 0. The quantitative estimate of drug-likeness (QED) is 0.0315. The summed E-state index contributed by atoms with van der Waals surface area (Å²) in [5.74, 6) is 2.08. The molecule has 0 amide bonds. The molecular formula is C77H154O30. The first-order valence-electron chi connectivity index (χ1n) is 39.7. The predicted molar refractivity (Wildman–Crippen MR) is 401 cm³/mol. The lowest BCUT2D eigenvalue weighted by molar-refractivity contribution is -0.0342. The number of epoxide rings is 8. The molecule has 8 rings (SSSR count). The molecule has 8 N–H and O–H groups in total. The second-order valence-corrected chi connectivity index (χ2v) is 30.0. The number of hydrogen-bond donors (Lipinski definition) is 8. The summed E-state index contributed by atoms with van der Waals surface area (Å²) in [6.45, 7) is 50.2. The third kappa shape index (κ3) is 77.2. The molecule has 0 aromatic rings. The molecule has 107 heavy (non-hydrogen) atoms. The number of unbranched alkanes of at least 4 members (excludes halogenated alkanes) is 2. The molecule has 30 heteroatoms. The Morgan fingerprint density at radius 3 is 0.542 bits per heavy atom. The minimum atomic E-state index is -0.828. The van der Waals surface area contributed by atoms with E-state index in [0.717, 1.165) is 111 Å². The van der Waals surface area contributed by atoms with Crippen molar-refractivity contribution >= 4 is 0 Å². The van der Waals surface area contributed by atoms with Crippen molar-refractivity contribution in [2.45, 2.75) is 214 Å². The number of hydrogen-bond acceptors (Lipinski definition) is 30. The largest absolute Gasteiger partial charge is 0.394 e. The fourth-order valence-corrected chi connectivity index (χ4v) is 7.15. The second-order valence-electron chi connectivity index (χ2n) is 30.0. The van der Waals surface area contributed by atoms with Gasteiger partial charge in [-0.3, -0.25) is 0 Å². The van der Waals surface area contributed by atoms with Gasteiger partial charge in [0.15, 0.2) is 0 Å². The highest BCUT2D eigenvalue weighted by Crippen LogP contribution is 2.18. The molecule has 8 saturated heterocycles. The zero-order valence-corrected chi connectivity index (χ0v) is 68.3. The topological polar surface area (TPSA) is 391 Å². The highest BCUT2D eigenvalue weighted by atomic mass is 16.6. The SMILES string of the molecule is C(CCOCC1CO1)COCC1CO1.C(COCC1CO1)OCC1CO1.C(COCC1CO1)OCC1CO1.CC(C)C(O)COCCCCOCC(O)C(C)C.CC(C)C(O)COCCOCC(O)C(C)C.CC(C)C(O)COCCOCC(O)CO.CC(C)C(O)COCCOCC1CO1.CC(C)C1CO1.